The molecule has 0 unspecified atom stereocenters. The van der Waals surface area contributed by atoms with Gasteiger partial charge in [-0.1, -0.05) is 6.07 Å². The summed E-state index contributed by atoms with van der Waals surface area (Å²) in [5, 5.41) is 15.2. The summed E-state index contributed by atoms with van der Waals surface area (Å²) in [6.07, 6.45) is 6.15. The smallest absolute Gasteiger partial charge is 0.292 e. The Morgan fingerprint density at radius 3 is 2.88 bits per heavy atom. The van der Waals surface area contributed by atoms with E-state index >= 15 is 0 Å². The maximum absolute atomic E-state index is 13.9. The Morgan fingerprint density at radius 1 is 1.28 bits per heavy atom. The molecule has 6 rings (SSSR count). The molecule has 1 atom stereocenters. The number of carbonyl (C=O) groups excluding carboxylic acids is 1. The third-order valence-electron chi connectivity index (χ3n) is 6.19. The van der Waals surface area contributed by atoms with Crippen LogP contribution in [0.5, 0.6) is 0 Å². The highest BCUT2D eigenvalue weighted by molar-refractivity contribution is 5.93. The number of nitrogens with zero attached hydrogens (tertiary/aromatic N) is 5. The number of fused-ring (bicyclic) bond motifs is 2. The van der Waals surface area contributed by atoms with E-state index in [9.17, 15) is 9.90 Å². The normalized spacial score (nSPS) is 18.8. The van der Waals surface area contributed by atoms with E-state index in [1.165, 1.54) is 0 Å². The Hall–Kier alpha value is -3.46. The molecule has 1 fully saturated rings. The second kappa shape index (κ2) is 6.77. The number of H-pyrrole nitrogens is 1. The van der Waals surface area contributed by atoms with Crippen LogP contribution in [-0.2, 0) is 12.0 Å². The number of nitrogens with one attached hydrogen (secondary N) is 1. The van der Waals surface area contributed by atoms with Crippen LogP contribution in [0.15, 0.2) is 41.2 Å². The molecule has 4 aromatic heterocycles. The summed E-state index contributed by atoms with van der Waals surface area (Å²) in [5.41, 5.74) is 2.87. The molecule has 2 N–H and O–H groups in total. The summed E-state index contributed by atoms with van der Waals surface area (Å²) in [7, 11) is 0. The van der Waals surface area contributed by atoms with E-state index in [-0.39, 0.29) is 23.5 Å². The monoisotopic (exact) mass is 432 g/mol. The third kappa shape index (κ3) is 3.03. The van der Waals surface area contributed by atoms with Gasteiger partial charge >= 0.3 is 0 Å². The highest BCUT2D eigenvalue weighted by Gasteiger charge is 2.42. The van der Waals surface area contributed by atoms with E-state index in [2.05, 4.69) is 15.0 Å². The van der Waals surface area contributed by atoms with Crippen LogP contribution in [-0.4, -0.2) is 47.0 Å². The summed E-state index contributed by atoms with van der Waals surface area (Å²) in [6, 6.07) is 7.40. The zero-order valence-electron chi connectivity index (χ0n) is 17.9. The van der Waals surface area contributed by atoms with Gasteiger partial charge in [0.2, 0.25) is 11.7 Å². The zero-order chi connectivity index (χ0) is 22.0. The average molecular weight is 432 g/mol. The van der Waals surface area contributed by atoms with Crippen molar-refractivity contribution in [2.24, 2.45) is 0 Å². The minimum absolute atomic E-state index is 0.171. The van der Waals surface area contributed by atoms with Crippen molar-refractivity contribution in [3.63, 3.8) is 0 Å². The number of hydrogen-bond acceptors (Lipinski definition) is 6. The predicted molar refractivity (Wildman–Crippen MR) is 114 cm³/mol. The van der Waals surface area contributed by atoms with Crippen molar-refractivity contribution in [2.45, 2.75) is 50.7 Å². The fourth-order valence-electron chi connectivity index (χ4n) is 4.40. The fourth-order valence-corrected chi connectivity index (χ4v) is 4.40. The van der Waals surface area contributed by atoms with Gasteiger partial charge in [0.05, 0.1) is 28.9 Å². The molecule has 0 aromatic carbocycles. The molecule has 4 aromatic rings. The van der Waals surface area contributed by atoms with Crippen molar-refractivity contribution in [1.29, 1.82) is 0 Å². The number of aliphatic hydroxyl groups is 1. The second-order valence-corrected chi connectivity index (χ2v) is 9.12. The summed E-state index contributed by atoms with van der Waals surface area (Å²) in [4.78, 5) is 27.9. The number of hydrogen-bond donors (Lipinski definition) is 2. The van der Waals surface area contributed by atoms with Crippen LogP contribution in [0.2, 0.25) is 0 Å². The van der Waals surface area contributed by atoms with Crippen molar-refractivity contribution in [1.82, 2.24) is 29.5 Å². The number of imidazole rings is 1. The zero-order valence-corrected chi connectivity index (χ0v) is 17.9. The first-order chi connectivity index (χ1) is 15.4. The molecule has 1 saturated carbocycles. The minimum atomic E-state index is -1.26. The first-order valence-electron chi connectivity index (χ1n) is 10.9. The highest BCUT2D eigenvalue weighted by atomic mass is 16.4. The molecular formula is C23H24N6O3. The lowest BCUT2D eigenvalue weighted by Gasteiger charge is -2.33. The molecule has 0 radical (unpaired) electrons. The van der Waals surface area contributed by atoms with Gasteiger partial charge in [-0.05, 0) is 44.9 Å². The SMILES string of the molecule is CC(C)(O)c1nc(C2CC2)c(C(=O)N2CCc3[nH]cnc3[C@@H]2c2cc3ccccn3n2)o1. The lowest BCUT2D eigenvalue weighted by molar-refractivity contribution is 0.0440. The third-order valence-corrected chi connectivity index (χ3v) is 6.19. The lowest BCUT2D eigenvalue weighted by atomic mass is 9.99. The maximum Gasteiger partial charge on any atom is 0.292 e. The molecule has 0 saturated heterocycles. The maximum atomic E-state index is 13.9. The molecule has 164 valence electrons. The Morgan fingerprint density at radius 2 is 2.12 bits per heavy atom. The number of amides is 1. The fraction of sp³-hybridized carbons (Fsp3) is 0.391. The van der Waals surface area contributed by atoms with Gasteiger partial charge in [0, 0.05) is 30.8 Å². The first kappa shape index (κ1) is 19.2. The van der Waals surface area contributed by atoms with Gasteiger partial charge in [0.25, 0.3) is 5.91 Å². The van der Waals surface area contributed by atoms with Gasteiger partial charge in [0.1, 0.15) is 11.6 Å². The number of pyridine rings is 1. The highest BCUT2D eigenvalue weighted by Crippen LogP contribution is 2.43. The number of aromatic nitrogens is 5. The quantitative estimate of drug-likeness (QED) is 0.513. The van der Waals surface area contributed by atoms with E-state index in [4.69, 9.17) is 9.52 Å². The van der Waals surface area contributed by atoms with Gasteiger partial charge in [0.15, 0.2) is 0 Å². The van der Waals surface area contributed by atoms with Crippen LogP contribution >= 0.6 is 0 Å². The second-order valence-electron chi connectivity index (χ2n) is 9.12. The summed E-state index contributed by atoms with van der Waals surface area (Å²) >= 11 is 0. The molecule has 0 spiro atoms. The molecule has 0 bridgehead atoms. The summed E-state index contributed by atoms with van der Waals surface area (Å²) < 4.78 is 7.70. The van der Waals surface area contributed by atoms with Gasteiger partial charge < -0.3 is 19.4 Å². The van der Waals surface area contributed by atoms with E-state index < -0.39 is 11.6 Å². The largest absolute Gasteiger partial charge is 0.432 e. The van der Waals surface area contributed by atoms with E-state index in [1.54, 1.807) is 29.6 Å². The van der Waals surface area contributed by atoms with Gasteiger partial charge in [-0.2, -0.15) is 5.10 Å². The van der Waals surface area contributed by atoms with Crippen LogP contribution in [0, 0.1) is 0 Å². The standard InChI is InChI=1S/C23H24N6O3/c1-23(2,31)22-26-17(13-6-7-13)20(32-22)21(30)28-10-8-15-18(25-12-24-15)19(28)16-11-14-5-3-4-9-29(14)27-16/h3-5,9,11-13,19,31H,6-8,10H2,1-2H3,(H,24,25)/t19-/m0/s1. The topological polar surface area (TPSA) is 113 Å². The molecule has 9 heteroatoms. The van der Waals surface area contributed by atoms with Gasteiger partial charge in [-0.15, -0.1) is 0 Å². The lowest BCUT2D eigenvalue weighted by Crippen LogP contribution is -2.41. The Labute approximate surface area is 184 Å². The Balaban J connectivity index is 1.46. The predicted octanol–water partition coefficient (Wildman–Crippen LogP) is 2.94. The minimum Gasteiger partial charge on any atom is -0.432 e. The first-order valence-corrected chi connectivity index (χ1v) is 10.9. The Bertz CT molecular complexity index is 1290. The van der Waals surface area contributed by atoms with Crippen molar-refractivity contribution in [3.05, 3.63) is 71.2 Å². The summed E-state index contributed by atoms with van der Waals surface area (Å²) in [5.74, 6) is 0.348. The van der Waals surface area contributed by atoms with Crippen LogP contribution in [0.25, 0.3) is 5.52 Å². The van der Waals surface area contributed by atoms with Crippen molar-refractivity contribution in [2.75, 3.05) is 6.54 Å². The van der Waals surface area contributed by atoms with Gasteiger partial charge in [-0.3, -0.25) is 4.79 Å². The Kier molecular flexibility index (Phi) is 4.07. The molecule has 1 amide bonds. The van der Waals surface area contributed by atoms with Crippen LogP contribution in [0.3, 0.4) is 0 Å². The molecular weight excluding hydrogens is 408 g/mol. The van der Waals surface area contributed by atoms with Crippen molar-refractivity contribution < 1.29 is 14.3 Å². The van der Waals surface area contributed by atoms with E-state index in [0.29, 0.717) is 18.7 Å². The number of carbonyl (C=O) groups is 1. The molecule has 5 heterocycles. The van der Waals surface area contributed by atoms with E-state index in [1.807, 2.05) is 30.5 Å². The van der Waals surface area contributed by atoms with Gasteiger partial charge in [-0.25, -0.2) is 14.5 Å². The van der Waals surface area contributed by atoms with Crippen molar-refractivity contribution in [3.8, 4) is 0 Å². The summed E-state index contributed by atoms with van der Waals surface area (Å²) in [6.45, 7) is 3.72. The van der Waals surface area contributed by atoms with Crippen LogP contribution in [0.1, 0.15) is 77.9 Å². The van der Waals surface area contributed by atoms with Crippen molar-refractivity contribution >= 4 is 11.4 Å². The molecule has 9 nitrogen and oxygen atoms in total. The van der Waals surface area contributed by atoms with E-state index in [0.717, 1.165) is 35.4 Å². The number of aromatic amines is 1. The molecule has 1 aliphatic carbocycles. The molecule has 32 heavy (non-hydrogen) atoms. The average Bonchev–Trinajstić information content (AvgIpc) is 3.18. The van der Waals surface area contributed by atoms with Crippen LogP contribution in [0.4, 0.5) is 0 Å². The number of oxazole rings is 1. The van der Waals surface area contributed by atoms with Crippen LogP contribution < -0.4 is 0 Å². The number of rotatable bonds is 4. The molecule has 1 aliphatic heterocycles. The molecule has 2 aliphatic rings.